The van der Waals surface area contributed by atoms with E-state index in [0.717, 1.165) is 68.1 Å². The Bertz CT molecular complexity index is 1740. The molecule has 1 aromatic heterocycles. The lowest BCUT2D eigenvalue weighted by molar-refractivity contribution is -0.137. The van der Waals surface area contributed by atoms with Crippen LogP contribution in [0.4, 0.5) is 36.3 Å². The minimum Gasteiger partial charge on any atom is -0.495 e. The number of ether oxygens (including phenoxy) is 2. The molecule has 1 aliphatic heterocycles. The van der Waals surface area contributed by atoms with Gasteiger partial charge in [-0.25, -0.2) is 13.4 Å². The van der Waals surface area contributed by atoms with Gasteiger partial charge < -0.3 is 25.4 Å². The molecule has 0 bridgehead atoms. The lowest BCUT2D eigenvalue weighted by Gasteiger charge is -2.38. The minimum atomic E-state index is -4.77. The third-order valence-corrected chi connectivity index (χ3v) is 10.1. The number of hydrogen-bond acceptors (Lipinski definition) is 10. The van der Waals surface area contributed by atoms with Gasteiger partial charge in [-0.3, -0.25) is 14.0 Å². The molecule has 49 heavy (non-hydrogen) atoms. The quantitative estimate of drug-likeness (QED) is 0.252. The van der Waals surface area contributed by atoms with Crippen LogP contribution < -0.4 is 25.0 Å². The van der Waals surface area contributed by atoms with Gasteiger partial charge in [-0.15, -0.1) is 0 Å². The summed E-state index contributed by atoms with van der Waals surface area (Å²) < 4.78 is 78.4. The van der Waals surface area contributed by atoms with E-state index in [2.05, 4.69) is 30.8 Å². The first kappa shape index (κ1) is 36.1. The van der Waals surface area contributed by atoms with E-state index in [0.29, 0.717) is 34.7 Å². The van der Waals surface area contributed by atoms with Crippen molar-refractivity contribution in [2.24, 2.45) is 0 Å². The first-order valence-corrected chi connectivity index (χ1v) is 17.9. The summed E-state index contributed by atoms with van der Waals surface area (Å²) in [5.41, 5.74) is 1.17. The molecular formula is C33H42F3N7O5S. The van der Waals surface area contributed by atoms with E-state index in [1.807, 2.05) is 0 Å². The lowest BCUT2D eigenvalue weighted by Crippen LogP contribution is -2.47. The second-order valence-corrected chi connectivity index (χ2v) is 14.4. The van der Waals surface area contributed by atoms with Crippen LogP contribution in [0.25, 0.3) is 0 Å². The summed E-state index contributed by atoms with van der Waals surface area (Å²) in [5.74, 6) is -0.624. The van der Waals surface area contributed by atoms with Crippen molar-refractivity contribution in [2.75, 3.05) is 61.7 Å². The number of carbonyl (C=O) groups excluding carboxylic acids is 1. The number of nitrogens with zero attached hydrogens (tertiary/aromatic N) is 4. The van der Waals surface area contributed by atoms with E-state index >= 15 is 0 Å². The molecule has 3 N–H and O–H groups in total. The Hall–Kier alpha value is -4.15. The molecule has 0 unspecified atom stereocenters. The number of morpholine rings is 1. The zero-order valence-electron chi connectivity index (χ0n) is 27.9. The van der Waals surface area contributed by atoms with Gasteiger partial charge in [0.2, 0.25) is 16.0 Å². The van der Waals surface area contributed by atoms with E-state index in [1.54, 1.807) is 43.3 Å². The van der Waals surface area contributed by atoms with Gasteiger partial charge in [-0.2, -0.15) is 18.2 Å². The SMILES string of the molecule is COc1cc(C(=O)NC2CCC(N3CCOCC3)CC2)ccc1Nc1ncc(C(F)(F)F)c(NCc2ccc(C)cc2N(C)S(C)(=O)=O)n1. The molecule has 0 spiro atoms. The van der Waals surface area contributed by atoms with Crippen LogP contribution >= 0.6 is 0 Å². The van der Waals surface area contributed by atoms with Crippen molar-refractivity contribution in [1.29, 1.82) is 0 Å². The maximum atomic E-state index is 14.0. The number of methoxy groups -OCH3 is 1. The third kappa shape index (κ3) is 9.10. The summed E-state index contributed by atoms with van der Waals surface area (Å²) in [6, 6.07) is 10.3. The van der Waals surface area contributed by atoms with E-state index < -0.39 is 27.6 Å². The average molecular weight is 706 g/mol. The molecule has 2 aliphatic rings. The highest BCUT2D eigenvalue weighted by Gasteiger charge is 2.35. The number of amides is 1. The first-order valence-electron chi connectivity index (χ1n) is 16.0. The highest BCUT2D eigenvalue weighted by Crippen LogP contribution is 2.36. The zero-order valence-corrected chi connectivity index (χ0v) is 28.7. The molecule has 12 nitrogen and oxygen atoms in total. The first-order chi connectivity index (χ1) is 23.2. The highest BCUT2D eigenvalue weighted by atomic mass is 32.2. The normalized spacial score (nSPS) is 18.8. The van der Waals surface area contributed by atoms with E-state index in [4.69, 9.17) is 9.47 Å². The van der Waals surface area contributed by atoms with Gasteiger partial charge in [0.1, 0.15) is 17.1 Å². The van der Waals surface area contributed by atoms with Gasteiger partial charge in [-0.05, 0) is 68.0 Å². The van der Waals surface area contributed by atoms with Gasteiger partial charge in [0, 0.05) is 50.5 Å². The number of hydrogen-bond donors (Lipinski definition) is 3. The highest BCUT2D eigenvalue weighted by molar-refractivity contribution is 7.92. The molecule has 5 rings (SSSR count). The molecule has 2 heterocycles. The fourth-order valence-corrected chi connectivity index (χ4v) is 6.64. The number of anilines is 4. The predicted octanol–water partition coefficient (Wildman–Crippen LogP) is 4.94. The van der Waals surface area contributed by atoms with Crippen LogP contribution in [0.5, 0.6) is 5.75 Å². The lowest BCUT2D eigenvalue weighted by atomic mass is 9.89. The van der Waals surface area contributed by atoms with Crippen LogP contribution in [0.3, 0.4) is 0 Å². The summed E-state index contributed by atoms with van der Waals surface area (Å²) in [4.78, 5) is 23.6. The Balaban J connectivity index is 1.28. The number of aromatic nitrogens is 2. The van der Waals surface area contributed by atoms with Crippen LogP contribution in [0.2, 0.25) is 0 Å². The molecule has 266 valence electrons. The largest absolute Gasteiger partial charge is 0.495 e. The monoisotopic (exact) mass is 705 g/mol. The van der Waals surface area contributed by atoms with Crippen molar-refractivity contribution in [1.82, 2.24) is 20.2 Å². The minimum absolute atomic E-state index is 0.0582. The molecule has 16 heteroatoms. The summed E-state index contributed by atoms with van der Waals surface area (Å²) in [6.07, 6.45) is 0.712. The molecular weight excluding hydrogens is 663 g/mol. The topological polar surface area (TPSA) is 138 Å². The average Bonchev–Trinajstić information content (AvgIpc) is 3.07. The molecule has 0 atom stereocenters. The number of aryl methyl sites for hydroxylation is 1. The molecule has 1 saturated carbocycles. The molecule has 1 aliphatic carbocycles. The van der Waals surface area contributed by atoms with Gasteiger partial charge in [-0.1, -0.05) is 12.1 Å². The fourth-order valence-electron chi connectivity index (χ4n) is 6.11. The van der Waals surface area contributed by atoms with Crippen molar-refractivity contribution in [2.45, 2.75) is 57.4 Å². The molecule has 0 radical (unpaired) electrons. The van der Waals surface area contributed by atoms with Crippen molar-refractivity contribution in [3.8, 4) is 5.75 Å². The van der Waals surface area contributed by atoms with Crippen LogP contribution in [0.15, 0.2) is 42.6 Å². The summed E-state index contributed by atoms with van der Waals surface area (Å²) in [5, 5.41) is 8.73. The molecule has 1 saturated heterocycles. The maximum Gasteiger partial charge on any atom is 0.421 e. The standard InChI is InChI=1S/C33H42F3N7O5S/c1-21-5-6-23(28(17-21)42(2)49(4,45)46)19-37-30-26(33(34,35)36)20-38-32(41-30)40-27-12-7-22(18-29(27)47-3)31(44)39-24-8-10-25(11-9-24)43-13-15-48-16-14-43/h5-7,12,17-18,20,24-25H,8-11,13-16,19H2,1-4H3,(H,39,44)(H2,37,38,40,41). The maximum absolute atomic E-state index is 14.0. The van der Waals surface area contributed by atoms with Crippen LogP contribution in [-0.4, -0.2) is 88.0 Å². The number of rotatable bonds is 11. The summed E-state index contributed by atoms with van der Waals surface area (Å²) in [6.45, 7) is 5.03. The van der Waals surface area contributed by atoms with Crippen molar-refractivity contribution < 1.29 is 35.9 Å². The number of sulfonamides is 1. The number of alkyl halides is 3. The van der Waals surface area contributed by atoms with E-state index in [9.17, 15) is 26.4 Å². The molecule has 1 amide bonds. The predicted molar refractivity (Wildman–Crippen MR) is 181 cm³/mol. The van der Waals surface area contributed by atoms with Crippen molar-refractivity contribution >= 4 is 39.1 Å². The third-order valence-electron chi connectivity index (χ3n) is 8.92. The Labute approximate surface area is 284 Å². The Morgan fingerprint density at radius 2 is 1.82 bits per heavy atom. The molecule has 3 aromatic rings. The number of nitrogens with one attached hydrogen (secondary N) is 3. The van der Waals surface area contributed by atoms with E-state index in [-0.39, 0.29) is 30.2 Å². The van der Waals surface area contributed by atoms with Crippen LogP contribution in [0.1, 0.15) is 52.7 Å². The van der Waals surface area contributed by atoms with Crippen molar-refractivity contribution in [3.05, 3.63) is 64.8 Å². The second kappa shape index (κ2) is 15.2. The van der Waals surface area contributed by atoms with Crippen LogP contribution in [0, 0.1) is 6.92 Å². The zero-order chi connectivity index (χ0) is 35.3. The van der Waals surface area contributed by atoms with E-state index in [1.165, 1.54) is 14.2 Å². The summed E-state index contributed by atoms with van der Waals surface area (Å²) >= 11 is 0. The number of halogens is 3. The Morgan fingerprint density at radius 3 is 2.47 bits per heavy atom. The number of benzene rings is 2. The summed E-state index contributed by atoms with van der Waals surface area (Å²) in [7, 11) is -0.836. The molecule has 2 fully saturated rings. The van der Waals surface area contributed by atoms with Crippen molar-refractivity contribution in [3.63, 3.8) is 0 Å². The second-order valence-electron chi connectivity index (χ2n) is 12.3. The Morgan fingerprint density at radius 1 is 1.10 bits per heavy atom. The number of carbonyl (C=O) groups is 1. The molecule has 2 aromatic carbocycles. The smallest absolute Gasteiger partial charge is 0.421 e. The van der Waals surface area contributed by atoms with Gasteiger partial charge in [0.25, 0.3) is 5.91 Å². The van der Waals surface area contributed by atoms with Crippen LogP contribution in [-0.2, 0) is 27.5 Å². The fraction of sp³-hybridized carbons (Fsp3) is 0.485. The van der Waals surface area contributed by atoms with Gasteiger partial charge in [0.15, 0.2) is 0 Å². The Kier molecular flexibility index (Phi) is 11.2. The van der Waals surface area contributed by atoms with Gasteiger partial charge >= 0.3 is 6.18 Å². The van der Waals surface area contributed by atoms with Gasteiger partial charge in [0.05, 0.1) is 38.0 Å².